The predicted molar refractivity (Wildman–Crippen MR) is 66.7 cm³/mol. The normalized spacial score (nSPS) is 12.2. The zero-order chi connectivity index (χ0) is 12.1. The van der Waals surface area contributed by atoms with Crippen LogP contribution in [0, 0.1) is 6.92 Å². The first-order chi connectivity index (χ1) is 7.54. The third kappa shape index (κ3) is 3.45. The summed E-state index contributed by atoms with van der Waals surface area (Å²) in [7, 11) is -1.31. The average molecular weight is 239 g/mol. The Morgan fingerprint density at radius 1 is 1.44 bits per heavy atom. The van der Waals surface area contributed by atoms with Crippen molar-refractivity contribution >= 4 is 16.9 Å². The standard InChI is InChI=1S/C12H17NO2S/c1-4-5-10-6-7-11(8-9(10)2)12(14)13-16(3)15/h6-8H,4-5H2,1-3H3,(H,13,14). The molecule has 1 amide bonds. The minimum atomic E-state index is -1.31. The van der Waals surface area contributed by atoms with Crippen molar-refractivity contribution in [2.45, 2.75) is 26.7 Å². The van der Waals surface area contributed by atoms with Crippen LogP contribution in [0.1, 0.15) is 34.8 Å². The fourth-order valence-corrected chi connectivity index (χ4v) is 1.96. The highest BCUT2D eigenvalue weighted by Crippen LogP contribution is 2.13. The van der Waals surface area contributed by atoms with Gasteiger partial charge >= 0.3 is 0 Å². The summed E-state index contributed by atoms with van der Waals surface area (Å²) in [6, 6.07) is 5.58. The lowest BCUT2D eigenvalue weighted by Crippen LogP contribution is -2.24. The maximum Gasteiger partial charge on any atom is 0.262 e. The lowest BCUT2D eigenvalue weighted by Gasteiger charge is -2.07. The van der Waals surface area contributed by atoms with Crippen LogP contribution in [0.15, 0.2) is 18.2 Å². The van der Waals surface area contributed by atoms with E-state index >= 15 is 0 Å². The first kappa shape index (κ1) is 12.9. The number of carbonyl (C=O) groups excluding carboxylic acids is 1. The molecule has 1 unspecified atom stereocenters. The second kappa shape index (κ2) is 5.80. The van der Waals surface area contributed by atoms with Crippen molar-refractivity contribution in [2.24, 2.45) is 0 Å². The molecular formula is C12H17NO2S. The molecule has 0 saturated carbocycles. The number of aryl methyl sites for hydroxylation is 2. The molecule has 4 heteroatoms. The summed E-state index contributed by atoms with van der Waals surface area (Å²) in [5, 5.41) is 0. The molecule has 0 heterocycles. The Hall–Kier alpha value is -1.16. The number of carbonyl (C=O) groups is 1. The largest absolute Gasteiger partial charge is 0.271 e. The molecule has 0 bridgehead atoms. The molecule has 0 aliphatic heterocycles. The van der Waals surface area contributed by atoms with Gasteiger partial charge < -0.3 is 0 Å². The number of amides is 1. The molecule has 0 spiro atoms. The van der Waals surface area contributed by atoms with Crippen LogP contribution >= 0.6 is 0 Å². The van der Waals surface area contributed by atoms with E-state index in [1.165, 1.54) is 11.8 Å². The summed E-state index contributed by atoms with van der Waals surface area (Å²) in [5.41, 5.74) is 2.93. The third-order valence-electron chi connectivity index (χ3n) is 2.36. The predicted octanol–water partition coefficient (Wildman–Crippen LogP) is 1.97. The second-order valence-corrected chi connectivity index (χ2v) is 4.89. The van der Waals surface area contributed by atoms with Crippen LogP contribution in [0.25, 0.3) is 0 Å². The molecule has 88 valence electrons. The lowest BCUT2D eigenvalue weighted by atomic mass is 10.0. The van der Waals surface area contributed by atoms with Crippen molar-refractivity contribution in [2.75, 3.05) is 6.26 Å². The van der Waals surface area contributed by atoms with Crippen molar-refractivity contribution < 1.29 is 9.00 Å². The highest BCUT2D eigenvalue weighted by Gasteiger charge is 2.08. The van der Waals surface area contributed by atoms with Crippen LogP contribution in [-0.2, 0) is 17.4 Å². The molecule has 1 rings (SSSR count). The van der Waals surface area contributed by atoms with E-state index in [1.807, 2.05) is 19.1 Å². The third-order valence-corrected chi connectivity index (χ3v) is 2.83. The van der Waals surface area contributed by atoms with Gasteiger partial charge in [-0.05, 0) is 36.6 Å². The van der Waals surface area contributed by atoms with E-state index in [9.17, 15) is 9.00 Å². The van der Waals surface area contributed by atoms with Gasteiger partial charge in [-0.25, -0.2) is 4.21 Å². The van der Waals surface area contributed by atoms with E-state index in [2.05, 4.69) is 11.6 Å². The summed E-state index contributed by atoms with van der Waals surface area (Å²) in [4.78, 5) is 11.6. The molecule has 16 heavy (non-hydrogen) atoms. The molecule has 0 aliphatic rings. The van der Waals surface area contributed by atoms with Gasteiger partial charge in [0.2, 0.25) is 0 Å². The summed E-state index contributed by atoms with van der Waals surface area (Å²) < 4.78 is 13.2. The monoisotopic (exact) mass is 239 g/mol. The van der Waals surface area contributed by atoms with E-state index in [-0.39, 0.29) is 5.91 Å². The zero-order valence-electron chi connectivity index (χ0n) is 9.87. The maximum atomic E-state index is 11.6. The summed E-state index contributed by atoms with van der Waals surface area (Å²) >= 11 is 0. The van der Waals surface area contributed by atoms with Gasteiger partial charge in [-0.2, -0.15) is 0 Å². The van der Waals surface area contributed by atoms with E-state index in [0.29, 0.717) is 5.56 Å². The van der Waals surface area contributed by atoms with E-state index in [1.54, 1.807) is 6.07 Å². The average Bonchev–Trinajstić information content (AvgIpc) is 2.20. The fourth-order valence-electron chi connectivity index (χ4n) is 1.58. The molecule has 1 atom stereocenters. The summed E-state index contributed by atoms with van der Waals surface area (Å²) in [5.74, 6) is -0.285. The molecular weight excluding hydrogens is 222 g/mol. The summed E-state index contributed by atoms with van der Waals surface area (Å²) in [6.45, 7) is 4.12. The second-order valence-electron chi connectivity index (χ2n) is 3.78. The topological polar surface area (TPSA) is 46.2 Å². The van der Waals surface area contributed by atoms with Gasteiger partial charge in [0, 0.05) is 11.8 Å². The van der Waals surface area contributed by atoms with Crippen LogP contribution < -0.4 is 4.72 Å². The first-order valence-corrected chi connectivity index (χ1v) is 6.84. The minimum Gasteiger partial charge on any atom is -0.271 e. The fraction of sp³-hybridized carbons (Fsp3) is 0.417. The van der Waals surface area contributed by atoms with Crippen LogP contribution in [0.3, 0.4) is 0 Å². The molecule has 1 N–H and O–H groups in total. The Balaban J connectivity index is 2.88. The quantitative estimate of drug-likeness (QED) is 0.873. The highest BCUT2D eigenvalue weighted by atomic mass is 32.2. The summed E-state index contributed by atoms with van der Waals surface area (Å²) in [6.07, 6.45) is 3.55. The van der Waals surface area contributed by atoms with Gasteiger partial charge in [0.25, 0.3) is 5.91 Å². The van der Waals surface area contributed by atoms with Crippen LogP contribution in [0.5, 0.6) is 0 Å². The van der Waals surface area contributed by atoms with Gasteiger partial charge in [-0.1, -0.05) is 19.4 Å². The minimum absolute atomic E-state index is 0.285. The molecule has 0 fully saturated rings. The van der Waals surface area contributed by atoms with Gasteiger partial charge in [0.05, 0.1) is 0 Å². The van der Waals surface area contributed by atoms with Gasteiger partial charge in [-0.15, -0.1) is 0 Å². The van der Waals surface area contributed by atoms with Crippen molar-refractivity contribution in [3.63, 3.8) is 0 Å². The Kier molecular flexibility index (Phi) is 4.68. The number of nitrogens with one attached hydrogen (secondary N) is 1. The molecule has 0 aromatic heterocycles. The van der Waals surface area contributed by atoms with Gasteiger partial charge in [-0.3, -0.25) is 9.52 Å². The van der Waals surface area contributed by atoms with Gasteiger partial charge in [0.15, 0.2) is 0 Å². The maximum absolute atomic E-state index is 11.6. The first-order valence-electron chi connectivity index (χ1n) is 5.28. The zero-order valence-corrected chi connectivity index (χ0v) is 10.7. The smallest absolute Gasteiger partial charge is 0.262 e. The van der Waals surface area contributed by atoms with E-state index < -0.39 is 11.0 Å². The van der Waals surface area contributed by atoms with Crippen molar-refractivity contribution in [1.82, 2.24) is 4.72 Å². The highest BCUT2D eigenvalue weighted by molar-refractivity contribution is 7.82. The van der Waals surface area contributed by atoms with Crippen LogP contribution in [0.2, 0.25) is 0 Å². The van der Waals surface area contributed by atoms with Crippen molar-refractivity contribution in [1.29, 1.82) is 0 Å². The molecule has 0 radical (unpaired) electrons. The molecule has 1 aromatic rings. The Morgan fingerprint density at radius 2 is 2.12 bits per heavy atom. The number of benzene rings is 1. The number of hydrogen-bond acceptors (Lipinski definition) is 2. The number of rotatable bonds is 4. The van der Waals surface area contributed by atoms with Crippen molar-refractivity contribution in [3.8, 4) is 0 Å². The SMILES string of the molecule is CCCc1ccc(C(=O)NS(C)=O)cc1C. The van der Waals surface area contributed by atoms with Crippen LogP contribution in [-0.4, -0.2) is 16.4 Å². The lowest BCUT2D eigenvalue weighted by molar-refractivity contribution is 0.0983. The molecule has 3 nitrogen and oxygen atoms in total. The Bertz CT molecular complexity index is 415. The number of hydrogen-bond donors (Lipinski definition) is 1. The van der Waals surface area contributed by atoms with Crippen LogP contribution in [0.4, 0.5) is 0 Å². The van der Waals surface area contributed by atoms with Gasteiger partial charge in [0.1, 0.15) is 11.0 Å². The van der Waals surface area contributed by atoms with E-state index in [4.69, 9.17) is 0 Å². The molecule has 0 aliphatic carbocycles. The Labute approximate surface area is 98.8 Å². The molecule has 1 aromatic carbocycles. The van der Waals surface area contributed by atoms with Crippen molar-refractivity contribution in [3.05, 3.63) is 34.9 Å². The molecule has 0 saturated heterocycles. The van der Waals surface area contributed by atoms with E-state index in [0.717, 1.165) is 18.4 Å². The Morgan fingerprint density at radius 3 is 2.62 bits per heavy atom.